The van der Waals surface area contributed by atoms with Gasteiger partial charge in [-0.3, -0.25) is 14.4 Å². The summed E-state index contributed by atoms with van der Waals surface area (Å²) in [6.07, 6.45) is 1.97. The molecular formula is C31H50N4O6. The molecule has 3 amide bonds. The van der Waals surface area contributed by atoms with Crippen molar-refractivity contribution in [2.24, 2.45) is 17.8 Å². The van der Waals surface area contributed by atoms with Crippen LogP contribution in [-0.2, 0) is 23.9 Å². The molecule has 0 aromatic heterocycles. The molecule has 230 valence electrons. The topological polar surface area (TPSA) is 109 Å². The molecule has 10 heteroatoms. The molecule has 1 aromatic carbocycles. The number of benzene rings is 1. The minimum absolute atomic E-state index is 0.0464. The molecule has 0 spiro atoms. The van der Waals surface area contributed by atoms with Gasteiger partial charge in [-0.25, -0.2) is 0 Å². The zero-order valence-corrected chi connectivity index (χ0v) is 26.1. The van der Waals surface area contributed by atoms with E-state index in [1.807, 2.05) is 32.0 Å². The second-order valence-electron chi connectivity index (χ2n) is 12.4. The predicted molar refractivity (Wildman–Crippen MR) is 160 cm³/mol. The third-order valence-electron chi connectivity index (χ3n) is 7.66. The highest BCUT2D eigenvalue weighted by atomic mass is 16.5. The number of carbonyl (C=O) groups excluding carboxylic acids is 3. The molecule has 41 heavy (non-hydrogen) atoms. The number of rotatable bonds is 13. The van der Waals surface area contributed by atoms with Gasteiger partial charge in [-0.2, -0.15) is 0 Å². The smallest absolute Gasteiger partial charge is 0.270 e. The van der Waals surface area contributed by atoms with Gasteiger partial charge in [-0.1, -0.05) is 13.8 Å². The second-order valence-corrected chi connectivity index (χ2v) is 12.4. The third kappa shape index (κ3) is 8.20. The van der Waals surface area contributed by atoms with Crippen LogP contribution in [0.25, 0.3) is 0 Å². The van der Waals surface area contributed by atoms with Gasteiger partial charge < -0.3 is 34.6 Å². The van der Waals surface area contributed by atoms with Gasteiger partial charge in [-0.05, 0) is 71.1 Å². The van der Waals surface area contributed by atoms with Crippen molar-refractivity contribution in [1.82, 2.24) is 10.6 Å². The van der Waals surface area contributed by atoms with Gasteiger partial charge in [0.1, 0.15) is 5.75 Å². The van der Waals surface area contributed by atoms with Crippen molar-refractivity contribution in [3.63, 3.8) is 0 Å². The van der Waals surface area contributed by atoms with Crippen molar-refractivity contribution in [2.75, 3.05) is 56.9 Å². The molecule has 3 rings (SSSR count). The van der Waals surface area contributed by atoms with E-state index in [1.165, 1.54) is 0 Å². The van der Waals surface area contributed by atoms with Crippen LogP contribution < -0.4 is 25.2 Å². The van der Waals surface area contributed by atoms with Crippen LogP contribution in [0.4, 0.5) is 11.4 Å². The van der Waals surface area contributed by atoms with Crippen LogP contribution in [0, 0.1) is 17.8 Å². The van der Waals surface area contributed by atoms with Crippen LogP contribution in [0.3, 0.4) is 0 Å². The summed E-state index contributed by atoms with van der Waals surface area (Å²) in [4.78, 5) is 44.0. The Kier molecular flexibility index (Phi) is 11.6. The number of nitrogens with zero attached hydrogens (tertiary/aromatic N) is 2. The Morgan fingerprint density at radius 2 is 1.85 bits per heavy atom. The van der Waals surface area contributed by atoms with E-state index in [4.69, 9.17) is 14.2 Å². The van der Waals surface area contributed by atoms with E-state index < -0.39 is 5.60 Å². The van der Waals surface area contributed by atoms with E-state index in [9.17, 15) is 14.4 Å². The van der Waals surface area contributed by atoms with E-state index >= 15 is 0 Å². The molecule has 2 aliphatic rings. The lowest BCUT2D eigenvalue weighted by atomic mass is 9.88. The maximum Gasteiger partial charge on any atom is 0.270 e. The molecule has 0 radical (unpaired) electrons. The molecule has 1 fully saturated rings. The highest BCUT2D eigenvalue weighted by Gasteiger charge is 2.41. The minimum atomic E-state index is -0.990. The van der Waals surface area contributed by atoms with Crippen molar-refractivity contribution in [2.45, 2.75) is 78.5 Å². The number of anilines is 2. The molecule has 0 aliphatic carbocycles. The molecule has 1 unspecified atom stereocenters. The van der Waals surface area contributed by atoms with Crippen molar-refractivity contribution >= 4 is 29.1 Å². The fourth-order valence-electron chi connectivity index (χ4n) is 5.76. The van der Waals surface area contributed by atoms with Crippen molar-refractivity contribution < 1.29 is 28.6 Å². The fraction of sp³-hybridized carbons (Fsp3) is 0.710. The Bertz CT molecular complexity index is 1060. The van der Waals surface area contributed by atoms with Crippen LogP contribution in [0.2, 0.25) is 0 Å². The Balaban J connectivity index is 1.81. The lowest BCUT2D eigenvalue weighted by molar-refractivity contribution is -0.132. The standard InChI is InChI=1S/C31H50N4O6/c1-20(2)14-24(19-40-8)33-28(36)22-15-23(18-32-17-22)29(37)35(21(3)4)25-10-11-27-26(16-25)34(12-9-13-39-7)30(38)31(5,6)41-27/h10-11,16,20-24,32H,9,12-15,17-19H2,1-8H3,(H,33,36)/t22-,23+,24?/m0/s1. The number of nitrogens with one attached hydrogen (secondary N) is 2. The Morgan fingerprint density at radius 3 is 2.49 bits per heavy atom. The average Bonchev–Trinajstić information content (AvgIpc) is 2.90. The summed E-state index contributed by atoms with van der Waals surface area (Å²) in [5.74, 6) is 0.130. The predicted octanol–water partition coefficient (Wildman–Crippen LogP) is 3.37. The Labute approximate surface area is 245 Å². The largest absolute Gasteiger partial charge is 0.476 e. The van der Waals surface area contributed by atoms with Crippen LogP contribution in [-0.4, -0.2) is 82.5 Å². The highest BCUT2D eigenvalue weighted by Crippen LogP contribution is 2.41. The number of carbonyl (C=O) groups is 3. The Hall–Kier alpha value is -2.69. The number of fused-ring (bicyclic) bond motifs is 1. The van der Waals surface area contributed by atoms with Crippen LogP contribution in [0.15, 0.2) is 18.2 Å². The zero-order chi connectivity index (χ0) is 30.3. The quantitative estimate of drug-likeness (QED) is 0.348. The average molecular weight is 575 g/mol. The summed E-state index contributed by atoms with van der Waals surface area (Å²) in [5, 5.41) is 6.46. The maximum absolute atomic E-state index is 14.0. The first-order valence-electron chi connectivity index (χ1n) is 14.9. The summed E-state index contributed by atoms with van der Waals surface area (Å²) in [6, 6.07) is 5.38. The van der Waals surface area contributed by atoms with Gasteiger partial charge in [-0.15, -0.1) is 0 Å². The summed E-state index contributed by atoms with van der Waals surface area (Å²) in [7, 11) is 3.28. The monoisotopic (exact) mass is 574 g/mol. The van der Waals surface area contributed by atoms with Crippen molar-refractivity contribution in [3.8, 4) is 5.75 Å². The number of ether oxygens (including phenoxy) is 3. The van der Waals surface area contributed by atoms with Gasteiger partial charge in [0.2, 0.25) is 11.8 Å². The maximum atomic E-state index is 14.0. The molecular weight excluding hydrogens is 524 g/mol. The third-order valence-corrected chi connectivity index (χ3v) is 7.66. The SMILES string of the molecule is COCCCN1C(=O)C(C)(C)Oc2ccc(N(C(=O)[C@H]3CNC[C@@H](C(=O)NC(COC)CC(C)C)C3)C(C)C)cc21. The number of hydrogen-bond acceptors (Lipinski definition) is 7. The lowest BCUT2D eigenvalue weighted by Crippen LogP contribution is -2.53. The van der Waals surface area contributed by atoms with E-state index in [-0.39, 0.29) is 41.6 Å². The fourth-order valence-corrected chi connectivity index (χ4v) is 5.76. The van der Waals surface area contributed by atoms with Crippen molar-refractivity contribution in [3.05, 3.63) is 18.2 Å². The van der Waals surface area contributed by atoms with Crippen LogP contribution >= 0.6 is 0 Å². The lowest BCUT2D eigenvalue weighted by Gasteiger charge is -2.40. The van der Waals surface area contributed by atoms with Gasteiger partial charge in [0.15, 0.2) is 5.60 Å². The highest BCUT2D eigenvalue weighted by molar-refractivity contribution is 6.04. The minimum Gasteiger partial charge on any atom is -0.476 e. The first-order valence-corrected chi connectivity index (χ1v) is 14.9. The van der Waals surface area contributed by atoms with Crippen LogP contribution in [0.1, 0.15) is 60.8 Å². The number of methoxy groups -OCH3 is 2. The molecule has 10 nitrogen and oxygen atoms in total. The molecule has 3 atom stereocenters. The second kappa shape index (κ2) is 14.5. The van der Waals surface area contributed by atoms with Crippen molar-refractivity contribution in [1.29, 1.82) is 0 Å². The summed E-state index contributed by atoms with van der Waals surface area (Å²) < 4.78 is 16.6. The first-order chi connectivity index (χ1) is 19.4. The van der Waals surface area contributed by atoms with Gasteiger partial charge >= 0.3 is 0 Å². The van der Waals surface area contributed by atoms with Gasteiger partial charge in [0.05, 0.1) is 30.2 Å². The molecule has 1 aromatic rings. The molecule has 2 N–H and O–H groups in total. The van der Waals surface area contributed by atoms with E-state index in [0.717, 1.165) is 6.42 Å². The van der Waals surface area contributed by atoms with E-state index in [1.54, 1.807) is 37.9 Å². The zero-order valence-electron chi connectivity index (χ0n) is 26.1. The van der Waals surface area contributed by atoms with Gasteiger partial charge in [0, 0.05) is 52.2 Å². The molecule has 0 bridgehead atoms. The number of hydrogen-bond donors (Lipinski definition) is 2. The summed E-state index contributed by atoms with van der Waals surface area (Å²) in [5.41, 5.74) is 0.352. The van der Waals surface area contributed by atoms with Crippen LogP contribution in [0.5, 0.6) is 5.75 Å². The van der Waals surface area contributed by atoms with E-state index in [0.29, 0.717) is 68.7 Å². The number of piperidine rings is 1. The first kappa shape index (κ1) is 32.8. The summed E-state index contributed by atoms with van der Waals surface area (Å²) >= 11 is 0. The molecule has 2 aliphatic heterocycles. The molecule has 2 heterocycles. The molecule has 1 saturated heterocycles. The Morgan fingerprint density at radius 1 is 1.15 bits per heavy atom. The number of amides is 3. The normalized spacial score (nSPS) is 20.9. The van der Waals surface area contributed by atoms with Gasteiger partial charge in [0.25, 0.3) is 5.91 Å². The van der Waals surface area contributed by atoms with E-state index in [2.05, 4.69) is 24.5 Å². The molecule has 0 saturated carbocycles. The summed E-state index contributed by atoms with van der Waals surface area (Å²) in [6.45, 7) is 14.2.